The topological polar surface area (TPSA) is 75.4 Å². The van der Waals surface area contributed by atoms with Crippen LogP contribution in [0.4, 0.5) is 0 Å². The van der Waals surface area contributed by atoms with Crippen LogP contribution in [0.15, 0.2) is 23.9 Å². The molecule has 0 spiro atoms. The average Bonchev–Trinajstić information content (AvgIpc) is 1.85. The van der Waals surface area contributed by atoms with E-state index in [9.17, 15) is 4.79 Å². The van der Waals surface area contributed by atoms with Crippen molar-refractivity contribution in [3.8, 4) is 0 Å². The van der Waals surface area contributed by atoms with Crippen LogP contribution >= 0.6 is 0 Å². The molecule has 0 amide bonds. The molecule has 1 heterocycles. The van der Waals surface area contributed by atoms with Gasteiger partial charge in [-0.1, -0.05) is 0 Å². The minimum atomic E-state index is -0.959. The number of nitrogens with one attached hydrogen (secondary N) is 1. The van der Waals surface area contributed by atoms with E-state index < -0.39 is 11.6 Å². The Morgan fingerprint density at radius 3 is 2.82 bits per heavy atom. The number of carbonyl (C=O) groups is 1. The van der Waals surface area contributed by atoms with Gasteiger partial charge in [0.25, 0.3) is 0 Å². The summed E-state index contributed by atoms with van der Waals surface area (Å²) in [5.74, 6) is -0.959. The molecule has 0 aromatic rings. The van der Waals surface area contributed by atoms with Crippen molar-refractivity contribution in [1.29, 1.82) is 0 Å². The third kappa shape index (κ3) is 1.81. The van der Waals surface area contributed by atoms with E-state index in [1.54, 1.807) is 6.92 Å². The van der Waals surface area contributed by atoms with E-state index in [-0.39, 0.29) is 5.57 Å². The quantitative estimate of drug-likeness (QED) is 0.488. The van der Waals surface area contributed by atoms with Crippen molar-refractivity contribution in [3.63, 3.8) is 0 Å². The van der Waals surface area contributed by atoms with Crippen molar-refractivity contribution in [2.24, 2.45) is 5.73 Å². The minimum Gasteiger partial charge on any atom is -0.478 e. The number of hydrogen-bond donors (Lipinski definition) is 3. The second-order valence-electron chi connectivity index (χ2n) is 2.67. The predicted octanol–water partition coefficient (Wildman–Crippen LogP) is -0.211. The number of rotatable bonds is 1. The van der Waals surface area contributed by atoms with Crippen LogP contribution in [0.25, 0.3) is 0 Å². The summed E-state index contributed by atoms with van der Waals surface area (Å²) in [6, 6.07) is 0. The lowest BCUT2D eigenvalue weighted by Gasteiger charge is -2.24. The van der Waals surface area contributed by atoms with Gasteiger partial charge >= 0.3 is 5.97 Å². The lowest BCUT2D eigenvalue weighted by Crippen LogP contribution is -2.48. The lowest BCUT2D eigenvalue weighted by molar-refractivity contribution is -0.132. The van der Waals surface area contributed by atoms with Crippen molar-refractivity contribution in [2.45, 2.75) is 12.6 Å². The molecule has 1 unspecified atom stereocenters. The van der Waals surface area contributed by atoms with Gasteiger partial charge in [-0.3, -0.25) is 0 Å². The zero-order valence-corrected chi connectivity index (χ0v) is 6.16. The Hall–Kier alpha value is -1.29. The van der Waals surface area contributed by atoms with Crippen LogP contribution in [0.2, 0.25) is 0 Å². The van der Waals surface area contributed by atoms with E-state index >= 15 is 0 Å². The summed E-state index contributed by atoms with van der Waals surface area (Å²) in [6.45, 7) is 1.69. The molecule has 0 saturated carbocycles. The first-order valence-corrected chi connectivity index (χ1v) is 3.20. The van der Waals surface area contributed by atoms with Crippen molar-refractivity contribution in [1.82, 2.24) is 5.32 Å². The maximum Gasteiger partial charge on any atom is 0.335 e. The van der Waals surface area contributed by atoms with Crippen LogP contribution in [-0.4, -0.2) is 16.7 Å². The summed E-state index contributed by atoms with van der Waals surface area (Å²) in [5.41, 5.74) is 5.07. The lowest BCUT2D eigenvalue weighted by atomic mass is 10.1. The van der Waals surface area contributed by atoms with Gasteiger partial charge in [-0.2, -0.15) is 0 Å². The molecule has 1 aliphatic rings. The smallest absolute Gasteiger partial charge is 0.335 e. The van der Waals surface area contributed by atoms with E-state index in [4.69, 9.17) is 10.8 Å². The first-order valence-electron chi connectivity index (χ1n) is 3.20. The maximum atomic E-state index is 10.4. The molecule has 0 saturated heterocycles. The highest BCUT2D eigenvalue weighted by Crippen LogP contribution is 2.09. The van der Waals surface area contributed by atoms with Crippen LogP contribution < -0.4 is 11.1 Å². The second-order valence-corrected chi connectivity index (χ2v) is 2.67. The average molecular weight is 154 g/mol. The van der Waals surface area contributed by atoms with Crippen molar-refractivity contribution in [2.75, 3.05) is 0 Å². The normalized spacial score (nSPS) is 29.1. The highest BCUT2D eigenvalue weighted by Gasteiger charge is 2.18. The molecular formula is C7H10N2O2. The second kappa shape index (κ2) is 2.39. The molecule has 1 atom stereocenters. The van der Waals surface area contributed by atoms with Gasteiger partial charge < -0.3 is 16.2 Å². The number of dihydropyridines is 1. The van der Waals surface area contributed by atoms with Crippen molar-refractivity contribution >= 4 is 5.97 Å². The Labute approximate surface area is 64.4 Å². The summed E-state index contributed by atoms with van der Waals surface area (Å²) >= 11 is 0. The fraction of sp³-hybridized carbons (Fsp3) is 0.286. The van der Waals surface area contributed by atoms with Gasteiger partial charge in [0.1, 0.15) is 5.66 Å². The molecule has 0 aromatic heterocycles. The number of carboxylic acids is 1. The SMILES string of the molecule is CC1(N)C=C(C(=O)O)C=CN1. The molecule has 60 valence electrons. The summed E-state index contributed by atoms with van der Waals surface area (Å²) < 4.78 is 0. The van der Waals surface area contributed by atoms with Gasteiger partial charge in [-0.15, -0.1) is 0 Å². The zero-order chi connectivity index (χ0) is 8.48. The van der Waals surface area contributed by atoms with E-state index in [0.717, 1.165) is 0 Å². The Bertz CT molecular complexity index is 241. The largest absolute Gasteiger partial charge is 0.478 e. The number of nitrogens with two attached hydrogens (primary N) is 1. The van der Waals surface area contributed by atoms with E-state index in [1.165, 1.54) is 18.4 Å². The van der Waals surface area contributed by atoms with Gasteiger partial charge in [-0.05, 0) is 25.3 Å². The van der Waals surface area contributed by atoms with Gasteiger partial charge in [0, 0.05) is 0 Å². The number of carboxylic acid groups (broad SMARTS) is 1. The molecule has 4 N–H and O–H groups in total. The number of hydrogen-bond acceptors (Lipinski definition) is 3. The summed E-state index contributed by atoms with van der Waals surface area (Å²) in [5, 5.41) is 11.4. The monoisotopic (exact) mass is 154 g/mol. The van der Waals surface area contributed by atoms with Gasteiger partial charge in [0.2, 0.25) is 0 Å². The Kier molecular flexibility index (Phi) is 1.70. The maximum absolute atomic E-state index is 10.4. The third-order valence-corrected chi connectivity index (χ3v) is 1.36. The summed E-state index contributed by atoms with van der Waals surface area (Å²) in [4.78, 5) is 10.4. The Morgan fingerprint density at radius 1 is 1.82 bits per heavy atom. The Balaban J connectivity index is 2.89. The van der Waals surface area contributed by atoms with Gasteiger partial charge in [0.05, 0.1) is 5.57 Å². The molecule has 0 aromatic carbocycles. The summed E-state index contributed by atoms with van der Waals surface area (Å²) in [7, 11) is 0. The number of aliphatic carboxylic acids is 1. The van der Waals surface area contributed by atoms with Crippen LogP contribution in [-0.2, 0) is 4.79 Å². The summed E-state index contributed by atoms with van der Waals surface area (Å²) in [6.07, 6.45) is 4.47. The van der Waals surface area contributed by atoms with Gasteiger partial charge in [-0.25, -0.2) is 4.79 Å². The molecule has 0 bridgehead atoms. The van der Waals surface area contributed by atoms with Crippen molar-refractivity contribution < 1.29 is 9.90 Å². The Morgan fingerprint density at radius 2 is 2.45 bits per heavy atom. The molecule has 11 heavy (non-hydrogen) atoms. The molecule has 0 radical (unpaired) electrons. The van der Waals surface area contributed by atoms with Crippen LogP contribution in [0.3, 0.4) is 0 Å². The van der Waals surface area contributed by atoms with Crippen LogP contribution in [0.1, 0.15) is 6.92 Å². The van der Waals surface area contributed by atoms with Gasteiger partial charge in [0.15, 0.2) is 0 Å². The van der Waals surface area contributed by atoms with E-state index in [2.05, 4.69) is 5.32 Å². The molecule has 4 heteroatoms. The molecule has 0 fully saturated rings. The predicted molar refractivity (Wildman–Crippen MR) is 40.6 cm³/mol. The van der Waals surface area contributed by atoms with E-state index in [1.807, 2.05) is 0 Å². The zero-order valence-electron chi connectivity index (χ0n) is 6.16. The highest BCUT2D eigenvalue weighted by molar-refractivity contribution is 5.90. The molecule has 4 nitrogen and oxygen atoms in total. The van der Waals surface area contributed by atoms with Crippen molar-refractivity contribution in [3.05, 3.63) is 23.9 Å². The first-order chi connectivity index (χ1) is 5.01. The van der Waals surface area contributed by atoms with Crippen LogP contribution in [0, 0.1) is 0 Å². The fourth-order valence-electron chi connectivity index (χ4n) is 0.857. The molecule has 0 aliphatic carbocycles. The molecule has 1 aliphatic heterocycles. The van der Waals surface area contributed by atoms with E-state index in [0.29, 0.717) is 0 Å². The standard InChI is InChI=1S/C7H10N2O2/c1-7(8)4-5(6(10)11)2-3-9-7/h2-4,9H,8H2,1H3,(H,10,11). The van der Waals surface area contributed by atoms with Crippen LogP contribution in [0.5, 0.6) is 0 Å². The first kappa shape index (κ1) is 7.81. The fourth-order valence-corrected chi connectivity index (χ4v) is 0.857. The third-order valence-electron chi connectivity index (χ3n) is 1.36. The molecule has 1 rings (SSSR count). The highest BCUT2D eigenvalue weighted by atomic mass is 16.4. The minimum absolute atomic E-state index is 0.216. The molecular weight excluding hydrogens is 144 g/mol.